The third-order valence-corrected chi connectivity index (χ3v) is 5.64. The molecule has 1 aliphatic carbocycles. The highest BCUT2D eigenvalue weighted by Gasteiger charge is 2.31. The van der Waals surface area contributed by atoms with E-state index in [0.29, 0.717) is 43.2 Å². The quantitative estimate of drug-likeness (QED) is 0.578. The highest BCUT2D eigenvalue weighted by Crippen LogP contribution is 2.40. The van der Waals surface area contributed by atoms with Crippen LogP contribution in [0, 0.1) is 5.82 Å². The second-order valence-corrected chi connectivity index (χ2v) is 9.53. The molecule has 1 aliphatic heterocycles. The molecule has 3 N–H and O–H groups in total. The molecule has 2 heterocycles. The summed E-state index contributed by atoms with van der Waals surface area (Å²) in [5.74, 6) is -0.533. The van der Waals surface area contributed by atoms with Gasteiger partial charge >= 0.3 is 12.2 Å². The molecule has 34 heavy (non-hydrogen) atoms. The second kappa shape index (κ2) is 8.99. The normalized spacial score (nSPS) is 16.5. The molecule has 1 saturated carbocycles. The Balaban J connectivity index is 1.53. The number of amides is 3. The van der Waals surface area contributed by atoms with E-state index in [1.807, 2.05) is 35.7 Å². The lowest BCUT2D eigenvalue weighted by Crippen LogP contribution is -2.50. The molecule has 1 aromatic carbocycles. The maximum atomic E-state index is 15.1. The zero-order valence-corrected chi connectivity index (χ0v) is 19.4. The number of imidazole rings is 1. The standard InChI is InChI=1S/C22H29FN6O5/c1-22(2,3)34-21(33)28-8-6-27(7-9-28)16-11-17-15(10-14(16)23)24-18(29(17)13-4-5-13)12-19(30)25-26-20(31)32/h10-11,13,26H,4-9,12H2,1-3H3,(H,25,30)(H,31,32). The summed E-state index contributed by atoms with van der Waals surface area (Å²) in [5, 5.41) is 8.66. The van der Waals surface area contributed by atoms with Crippen LogP contribution in [0.2, 0.25) is 0 Å². The Morgan fingerprint density at radius 2 is 1.82 bits per heavy atom. The van der Waals surface area contributed by atoms with Gasteiger partial charge in [-0.3, -0.25) is 10.2 Å². The van der Waals surface area contributed by atoms with Gasteiger partial charge in [0.2, 0.25) is 5.91 Å². The summed E-state index contributed by atoms with van der Waals surface area (Å²) >= 11 is 0. The Kier molecular flexibility index (Phi) is 6.24. The van der Waals surface area contributed by atoms with Crippen molar-refractivity contribution in [1.29, 1.82) is 0 Å². The third kappa shape index (κ3) is 5.32. The van der Waals surface area contributed by atoms with Gasteiger partial charge < -0.3 is 24.2 Å². The van der Waals surface area contributed by atoms with Crippen LogP contribution in [0.4, 0.5) is 19.7 Å². The van der Waals surface area contributed by atoms with Crippen molar-refractivity contribution in [3.63, 3.8) is 0 Å². The summed E-state index contributed by atoms with van der Waals surface area (Å²) in [6.07, 6.45) is -0.0434. The number of nitrogens with one attached hydrogen (secondary N) is 2. The summed E-state index contributed by atoms with van der Waals surface area (Å²) in [6.45, 7) is 7.18. The van der Waals surface area contributed by atoms with Crippen LogP contribution in [0.1, 0.15) is 45.5 Å². The molecule has 1 aromatic heterocycles. The molecule has 0 unspecified atom stereocenters. The minimum Gasteiger partial charge on any atom is -0.464 e. The number of halogens is 1. The van der Waals surface area contributed by atoms with Crippen molar-refractivity contribution in [1.82, 2.24) is 25.3 Å². The third-order valence-electron chi connectivity index (χ3n) is 5.64. The van der Waals surface area contributed by atoms with E-state index in [1.165, 1.54) is 6.07 Å². The van der Waals surface area contributed by atoms with E-state index in [4.69, 9.17) is 9.84 Å². The molecule has 2 fully saturated rings. The summed E-state index contributed by atoms with van der Waals surface area (Å²) < 4.78 is 22.4. The summed E-state index contributed by atoms with van der Waals surface area (Å²) in [7, 11) is 0. The number of carboxylic acid groups (broad SMARTS) is 1. The molecular weight excluding hydrogens is 447 g/mol. The number of anilines is 1. The molecule has 0 bridgehead atoms. The van der Waals surface area contributed by atoms with Gasteiger partial charge in [0.15, 0.2) is 0 Å². The van der Waals surface area contributed by atoms with E-state index in [0.717, 1.165) is 18.4 Å². The first-order valence-electron chi connectivity index (χ1n) is 11.2. The zero-order chi connectivity index (χ0) is 24.6. The Morgan fingerprint density at radius 1 is 1.15 bits per heavy atom. The van der Waals surface area contributed by atoms with Crippen LogP contribution in [-0.2, 0) is 16.0 Å². The van der Waals surface area contributed by atoms with Crippen molar-refractivity contribution in [3.8, 4) is 0 Å². The molecule has 12 heteroatoms. The van der Waals surface area contributed by atoms with Gasteiger partial charge in [0.25, 0.3) is 0 Å². The topological polar surface area (TPSA) is 129 Å². The fourth-order valence-corrected chi connectivity index (χ4v) is 4.03. The molecule has 4 rings (SSSR count). The van der Waals surface area contributed by atoms with Gasteiger partial charge in [0, 0.05) is 38.3 Å². The largest absolute Gasteiger partial charge is 0.464 e. The maximum absolute atomic E-state index is 15.1. The van der Waals surface area contributed by atoms with Crippen molar-refractivity contribution in [2.24, 2.45) is 0 Å². The summed E-state index contributed by atoms with van der Waals surface area (Å²) in [6, 6.07) is 3.28. The minimum absolute atomic E-state index is 0.142. The number of rotatable bonds is 4. The molecule has 11 nitrogen and oxygen atoms in total. The molecule has 2 aliphatic rings. The van der Waals surface area contributed by atoms with Crippen molar-refractivity contribution < 1.29 is 28.6 Å². The average Bonchev–Trinajstić information content (AvgIpc) is 3.52. The smallest absolute Gasteiger partial charge is 0.423 e. The van der Waals surface area contributed by atoms with Crippen molar-refractivity contribution in [2.75, 3.05) is 31.1 Å². The fourth-order valence-electron chi connectivity index (χ4n) is 4.03. The van der Waals surface area contributed by atoms with Gasteiger partial charge in [-0.05, 0) is 39.7 Å². The molecule has 2 aromatic rings. The fraction of sp³-hybridized carbons (Fsp3) is 0.545. The maximum Gasteiger partial charge on any atom is 0.423 e. The Labute approximate surface area is 195 Å². The number of carbonyl (C=O) groups excluding carboxylic acids is 2. The number of hydrazine groups is 1. The van der Waals surface area contributed by atoms with E-state index in [1.54, 1.807) is 11.0 Å². The summed E-state index contributed by atoms with van der Waals surface area (Å²) in [4.78, 5) is 43.0. The van der Waals surface area contributed by atoms with Crippen LogP contribution < -0.4 is 15.8 Å². The highest BCUT2D eigenvalue weighted by molar-refractivity contribution is 5.84. The number of aromatic nitrogens is 2. The number of hydrogen-bond donors (Lipinski definition) is 3. The van der Waals surface area contributed by atoms with Gasteiger partial charge in [-0.25, -0.2) is 24.4 Å². The van der Waals surface area contributed by atoms with E-state index in [2.05, 4.69) is 10.4 Å². The summed E-state index contributed by atoms with van der Waals surface area (Å²) in [5.41, 5.74) is 4.93. The first-order valence-corrected chi connectivity index (χ1v) is 11.2. The van der Waals surface area contributed by atoms with Gasteiger partial charge in [-0.1, -0.05) is 0 Å². The van der Waals surface area contributed by atoms with Gasteiger partial charge in [-0.15, -0.1) is 0 Å². The minimum atomic E-state index is -1.37. The first-order chi connectivity index (χ1) is 16.0. The van der Waals surface area contributed by atoms with E-state index < -0.39 is 23.4 Å². The molecule has 0 radical (unpaired) electrons. The molecular formula is C22H29FN6O5. The van der Waals surface area contributed by atoms with Crippen molar-refractivity contribution in [3.05, 3.63) is 23.8 Å². The number of carbonyl (C=O) groups is 3. The SMILES string of the molecule is CC(C)(C)OC(=O)N1CCN(c2cc3c(cc2F)nc(CC(=O)NNC(=O)O)n3C2CC2)CC1. The lowest BCUT2D eigenvalue weighted by Gasteiger charge is -2.36. The van der Waals surface area contributed by atoms with E-state index in [9.17, 15) is 14.4 Å². The van der Waals surface area contributed by atoms with Crippen LogP contribution in [0.5, 0.6) is 0 Å². The van der Waals surface area contributed by atoms with E-state index >= 15 is 4.39 Å². The predicted molar refractivity (Wildman–Crippen MR) is 121 cm³/mol. The average molecular weight is 477 g/mol. The number of nitrogens with zero attached hydrogens (tertiary/aromatic N) is 4. The van der Waals surface area contributed by atoms with Crippen LogP contribution in [0.25, 0.3) is 11.0 Å². The lowest BCUT2D eigenvalue weighted by atomic mass is 10.2. The van der Waals surface area contributed by atoms with E-state index in [-0.39, 0.29) is 18.6 Å². The van der Waals surface area contributed by atoms with Crippen LogP contribution in [0.3, 0.4) is 0 Å². The molecule has 0 spiro atoms. The van der Waals surface area contributed by atoms with Gasteiger partial charge in [-0.2, -0.15) is 0 Å². The number of hydrogen-bond acceptors (Lipinski definition) is 6. The Hall–Kier alpha value is -3.57. The van der Waals surface area contributed by atoms with Gasteiger partial charge in [0.1, 0.15) is 17.2 Å². The Bertz CT molecular complexity index is 1120. The number of benzene rings is 1. The number of ether oxygens (including phenoxy) is 1. The number of fused-ring (bicyclic) bond motifs is 1. The lowest BCUT2D eigenvalue weighted by molar-refractivity contribution is -0.121. The van der Waals surface area contributed by atoms with Crippen molar-refractivity contribution in [2.45, 2.75) is 51.7 Å². The second-order valence-electron chi connectivity index (χ2n) is 9.53. The molecule has 1 saturated heterocycles. The van der Waals surface area contributed by atoms with Crippen molar-refractivity contribution >= 4 is 34.8 Å². The molecule has 184 valence electrons. The van der Waals surface area contributed by atoms with Gasteiger partial charge in [0.05, 0.1) is 23.1 Å². The first kappa shape index (κ1) is 23.6. The molecule has 3 amide bonds. The zero-order valence-electron chi connectivity index (χ0n) is 19.4. The van der Waals surface area contributed by atoms with Crippen LogP contribution in [0.15, 0.2) is 12.1 Å². The molecule has 0 atom stereocenters. The Morgan fingerprint density at radius 3 is 2.41 bits per heavy atom. The van der Waals surface area contributed by atoms with Crippen LogP contribution >= 0.6 is 0 Å². The predicted octanol–water partition coefficient (Wildman–Crippen LogP) is 2.41. The highest BCUT2D eigenvalue weighted by atomic mass is 19.1. The number of piperazine rings is 1. The monoisotopic (exact) mass is 476 g/mol. The van der Waals surface area contributed by atoms with Crippen LogP contribution in [-0.4, -0.2) is 69.4 Å².